The average molecular weight is 313 g/mol. The van der Waals surface area contributed by atoms with E-state index in [0.29, 0.717) is 17.2 Å². The van der Waals surface area contributed by atoms with Crippen molar-refractivity contribution in [2.24, 2.45) is 0 Å². The molecule has 2 aromatic heterocycles. The Labute approximate surface area is 123 Å². The molecular weight excluding hydrogens is 302 g/mol. The standard InChI is InChI=1S/C13H11ClF2N4O/c1-6(14)13-18-9-4-3-8(15)11(16)12(9)20(13)5-10-17-7(2)19-21-10/h3-4,6H,5H2,1-2H3. The SMILES string of the molecule is Cc1noc(Cn2c(C(C)Cl)nc3ccc(F)c(F)c32)n1. The Balaban J connectivity index is 2.22. The molecule has 0 aliphatic heterocycles. The number of hydrogen-bond donors (Lipinski definition) is 0. The molecule has 5 nitrogen and oxygen atoms in total. The molecule has 0 spiro atoms. The van der Waals surface area contributed by atoms with Crippen LogP contribution in [0.2, 0.25) is 0 Å². The van der Waals surface area contributed by atoms with Gasteiger partial charge in [-0.1, -0.05) is 5.16 Å². The van der Waals surface area contributed by atoms with Gasteiger partial charge in [-0.25, -0.2) is 13.8 Å². The molecule has 0 amide bonds. The zero-order chi connectivity index (χ0) is 15.1. The number of halogens is 3. The van der Waals surface area contributed by atoms with Crippen molar-refractivity contribution in [3.63, 3.8) is 0 Å². The lowest BCUT2D eigenvalue weighted by Gasteiger charge is -2.08. The highest BCUT2D eigenvalue weighted by Crippen LogP contribution is 2.28. The monoisotopic (exact) mass is 312 g/mol. The second-order valence-electron chi connectivity index (χ2n) is 4.64. The van der Waals surface area contributed by atoms with Crippen LogP contribution < -0.4 is 0 Å². The lowest BCUT2D eigenvalue weighted by Crippen LogP contribution is -2.07. The first kappa shape index (κ1) is 13.9. The van der Waals surface area contributed by atoms with Gasteiger partial charge in [0.1, 0.15) is 17.9 Å². The molecule has 0 N–H and O–H groups in total. The number of aryl methyl sites for hydroxylation is 1. The lowest BCUT2D eigenvalue weighted by atomic mass is 10.3. The predicted octanol–water partition coefficient (Wildman–Crippen LogP) is 3.35. The Morgan fingerprint density at radius 2 is 2.10 bits per heavy atom. The molecule has 0 aliphatic rings. The average Bonchev–Trinajstić information content (AvgIpc) is 2.99. The number of rotatable bonds is 3. The smallest absolute Gasteiger partial charge is 0.246 e. The van der Waals surface area contributed by atoms with Crippen LogP contribution in [0.4, 0.5) is 8.78 Å². The molecule has 3 aromatic rings. The largest absolute Gasteiger partial charge is 0.337 e. The molecule has 1 atom stereocenters. The molecule has 1 unspecified atom stereocenters. The summed E-state index contributed by atoms with van der Waals surface area (Å²) in [5.74, 6) is -0.776. The Morgan fingerprint density at radius 3 is 2.71 bits per heavy atom. The van der Waals surface area contributed by atoms with Crippen LogP contribution in [0.5, 0.6) is 0 Å². The van der Waals surface area contributed by atoms with E-state index in [4.69, 9.17) is 16.1 Å². The van der Waals surface area contributed by atoms with E-state index in [1.807, 2.05) is 0 Å². The number of fused-ring (bicyclic) bond motifs is 1. The van der Waals surface area contributed by atoms with Crippen molar-refractivity contribution in [1.29, 1.82) is 0 Å². The Kier molecular flexibility index (Phi) is 3.36. The van der Waals surface area contributed by atoms with Crippen LogP contribution in [0.15, 0.2) is 16.7 Å². The fourth-order valence-corrected chi connectivity index (χ4v) is 2.34. The second-order valence-corrected chi connectivity index (χ2v) is 5.29. The van der Waals surface area contributed by atoms with Gasteiger partial charge >= 0.3 is 0 Å². The Bertz CT molecular complexity index is 812. The summed E-state index contributed by atoms with van der Waals surface area (Å²) in [6.07, 6.45) is 0. The van der Waals surface area contributed by atoms with E-state index >= 15 is 0 Å². The van der Waals surface area contributed by atoms with Crippen molar-refractivity contribution >= 4 is 22.6 Å². The normalized spacial score (nSPS) is 13.0. The minimum absolute atomic E-state index is 0.0355. The van der Waals surface area contributed by atoms with E-state index in [-0.39, 0.29) is 18.0 Å². The highest BCUT2D eigenvalue weighted by atomic mass is 35.5. The van der Waals surface area contributed by atoms with Gasteiger partial charge < -0.3 is 9.09 Å². The second kappa shape index (κ2) is 5.07. The van der Waals surface area contributed by atoms with E-state index in [9.17, 15) is 8.78 Å². The Hall–Kier alpha value is -2.02. The van der Waals surface area contributed by atoms with E-state index in [2.05, 4.69) is 15.1 Å². The minimum Gasteiger partial charge on any atom is -0.337 e. The first-order valence-electron chi connectivity index (χ1n) is 6.24. The topological polar surface area (TPSA) is 56.7 Å². The number of aromatic nitrogens is 4. The van der Waals surface area contributed by atoms with Crippen LogP contribution >= 0.6 is 11.6 Å². The van der Waals surface area contributed by atoms with Crippen LogP contribution in [0.25, 0.3) is 11.0 Å². The van der Waals surface area contributed by atoms with Gasteiger partial charge in [0.2, 0.25) is 5.89 Å². The molecule has 21 heavy (non-hydrogen) atoms. The molecular formula is C13H11ClF2N4O. The molecule has 0 saturated heterocycles. The third-order valence-electron chi connectivity index (χ3n) is 3.05. The summed E-state index contributed by atoms with van der Waals surface area (Å²) < 4.78 is 34.1. The summed E-state index contributed by atoms with van der Waals surface area (Å²) in [6.45, 7) is 3.45. The predicted molar refractivity (Wildman–Crippen MR) is 72.1 cm³/mol. The third-order valence-corrected chi connectivity index (χ3v) is 3.24. The van der Waals surface area contributed by atoms with Crippen molar-refractivity contribution in [1.82, 2.24) is 19.7 Å². The number of nitrogens with zero attached hydrogens (tertiary/aromatic N) is 4. The third kappa shape index (κ3) is 2.37. The van der Waals surface area contributed by atoms with E-state index in [0.717, 1.165) is 6.07 Å². The van der Waals surface area contributed by atoms with Gasteiger partial charge in [0.05, 0.1) is 10.9 Å². The molecule has 2 heterocycles. The zero-order valence-electron chi connectivity index (χ0n) is 11.3. The van der Waals surface area contributed by atoms with Crippen molar-refractivity contribution in [3.8, 4) is 0 Å². The molecule has 110 valence electrons. The first-order valence-corrected chi connectivity index (χ1v) is 6.68. The molecule has 8 heteroatoms. The molecule has 3 rings (SSSR count). The number of hydrogen-bond acceptors (Lipinski definition) is 4. The van der Waals surface area contributed by atoms with E-state index < -0.39 is 17.0 Å². The maximum absolute atomic E-state index is 14.1. The van der Waals surface area contributed by atoms with Crippen molar-refractivity contribution in [2.75, 3.05) is 0 Å². The summed E-state index contributed by atoms with van der Waals surface area (Å²) in [6, 6.07) is 2.45. The van der Waals surface area contributed by atoms with Crippen LogP contribution in [-0.2, 0) is 6.54 Å². The van der Waals surface area contributed by atoms with Gasteiger partial charge in [0.25, 0.3) is 0 Å². The minimum atomic E-state index is -0.972. The highest BCUT2D eigenvalue weighted by Gasteiger charge is 2.21. The molecule has 0 fully saturated rings. The Morgan fingerprint density at radius 1 is 1.33 bits per heavy atom. The molecule has 0 aliphatic carbocycles. The molecule has 1 aromatic carbocycles. The maximum atomic E-state index is 14.1. The lowest BCUT2D eigenvalue weighted by molar-refractivity contribution is 0.367. The van der Waals surface area contributed by atoms with Crippen LogP contribution in [0.3, 0.4) is 0 Å². The zero-order valence-corrected chi connectivity index (χ0v) is 12.0. The highest BCUT2D eigenvalue weighted by molar-refractivity contribution is 6.20. The van der Waals surface area contributed by atoms with Crippen molar-refractivity contribution in [2.45, 2.75) is 25.8 Å². The van der Waals surface area contributed by atoms with Gasteiger partial charge in [0, 0.05) is 0 Å². The quantitative estimate of drug-likeness (QED) is 0.696. The fourth-order valence-electron chi connectivity index (χ4n) is 2.18. The van der Waals surface area contributed by atoms with Crippen LogP contribution in [-0.4, -0.2) is 19.7 Å². The van der Waals surface area contributed by atoms with Crippen molar-refractivity contribution < 1.29 is 13.3 Å². The van der Waals surface area contributed by atoms with E-state index in [1.165, 1.54) is 10.6 Å². The van der Waals surface area contributed by atoms with Crippen LogP contribution in [0, 0.1) is 18.6 Å². The maximum Gasteiger partial charge on any atom is 0.246 e. The van der Waals surface area contributed by atoms with Gasteiger partial charge in [0.15, 0.2) is 17.5 Å². The fraction of sp³-hybridized carbons (Fsp3) is 0.308. The summed E-state index contributed by atoms with van der Waals surface area (Å²) in [5, 5.41) is 3.19. The summed E-state index contributed by atoms with van der Waals surface area (Å²) in [4.78, 5) is 8.31. The summed E-state index contributed by atoms with van der Waals surface area (Å²) >= 11 is 6.08. The van der Waals surface area contributed by atoms with Gasteiger partial charge in [-0.05, 0) is 26.0 Å². The van der Waals surface area contributed by atoms with Gasteiger partial charge in [-0.3, -0.25) is 0 Å². The van der Waals surface area contributed by atoms with Crippen LogP contribution in [0.1, 0.15) is 29.8 Å². The molecule has 0 radical (unpaired) electrons. The molecule has 0 saturated carbocycles. The summed E-state index contributed by atoms with van der Waals surface area (Å²) in [7, 11) is 0. The van der Waals surface area contributed by atoms with Gasteiger partial charge in [-0.15, -0.1) is 11.6 Å². The summed E-state index contributed by atoms with van der Waals surface area (Å²) in [5.41, 5.74) is 0.362. The number of imidazole rings is 1. The number of alkyl halides is 1. The van der Waals surface area contributed by atoms with Crippen molar-refractivity contribution in [3.05, 3.63) is 41.3 Å². The van der Waals surface area contributed by atoms with E-state index in [1.54, 1.807) is 13.8 Å². The number of benzene rings is 1. The first-order chi connectivity index (χ1) is 9.97. The van der Waals surface area contributed by atoms with Gasteiger partial charge in [-0.2, -0.15) is 4.98 Å². The molecule has 0 bridgehead atoms.